The summed E-state index contributed by atoms with van der Waals surface area (Å²) in [4.78, 5) is 0. The third-order valence-electron chi connectivity index (χ3n) is 1.59. The molecule has 0 heterocycles. The number of benzene rings is 1. The van der Waals surface area contributed by atoms with Gasteiger partial charge in [0.05, 0.1) is 18.6 Å². The molecule has 1 aromatic rings. The fraction of sp³-hybridized carbons (Fsp3) is 0.250. The number of anilines is 1. The predicted molar refractivity (Wildman–Crippen MR) is 51.9 cm³/mol. The van der Waals surface area contributed by atoms with E-state index in [0.29, 0.717) is 11.4 Å². The SMILES string of the molecule is COc1cc(CS(=O)O)ccc1N. The summed E-state index contributed by atoms with van der Waals surface area (Å²) in [7, 11) is 1.51. The maximum absolute atomic E-state index is 10.5. The summed E-state index contributed by atoms with van der Waals surface area (Å²) in [5, 5.41) is 0. The van der Waals surface area contributed by atoms with Crippen LogP contribution in [0.2, 0.25) is 0 Å². The summed E-state index contributed by atoms with van der Waals surface area (Å²) in [5.74, 6) is 0.624. The Morgan fingerprint density at radius 3 is 2.85 bits per heavy atom. The first-order valence-electron chi connectivity index (χ1n) is 3.63. The fourth-order valence-corrected chi connectivity index (χ4v) is 1.45. The molecule has 0 spiro atoms. The molecule has 0 aliphatic rings. The van der Waals surface area contributed by atoms with E-state index in [9.17, 15) is 4.21 Å². The Morgan fingerprint density at radius 2 is 2.31 bits per heavy atom. The average molecular weight is 201 g/mol. The number of hydrogen-bond acceptors (Lipinski definition) is 3. The second-order valence-electron chi connectivity index (χ2n) is 2.54. The van der Waals surface area contributed by atoms with Crippen LogP contribution in [-0.2, 0) is 16.8 Å². The summed E-state index contributed by atoms with van der Waals surface area (Å²) >= 11 is -1.83. The van der Waals surface area contributed by atoms with E-state index in [2.05, 4.69) is 0 Å². The second kappa shape index (κ2) is 4.25. The first-order chi connectivity index (χ1) is 6.13. The first kappa shape index (κ1) is 10.0. The van der Waals surface area contributed by atoms with Crippen LogP contribution in [0, 0.1) is 0 Å². The van der Waals surface area contributed by atoms with E-state index in [0.717, 1.165) is 5.56 Å². The smallest absolute Gasteiger partial charge is 0.157 e. The molecule has 0 fully saturated rings. The highest BCUT2D eigenvalue weighted by atomic mass is 32.2. The molecule has 4 nitrogen and oxygen atoms in total. The van der Waals surface area contributed by atoms with Crippen LogP contribution >= 0.6 is 0 Å². The summed E-state index contributed by atoms with van der Waals surface area (Å²) in [6, 6.07) is 5.01. The molecule has 0 saturated carbocycles. The van der Waals surface area contributed by atoms with Crippen molar-refractivity contribution < 1.29 is 13.5 Å². The standard InChI is InChI=1S/C8H11NO3S/c1-12-8-4-6(5-13(10)11)2-3-7(8)9/h2-4H,5,9H2,1H3,(H,10,11). The minimum atomic E-state index is -1.83. The topological polar surface area (TPSA) is 72.5 Å². The number of nitrogens with two attached hydrogens (primary N) is 1. The molecule has 1 rings (SSSR count). The maximum Gasteiger partial charge on any atom is 0.157 e. The summed E-state index contributed by atoms with van der Waals surface area (Å²) < 4.78 is 24.1. The van der Waals surface area contributed by atoms with Crippen LogP contribution in [0.3, 0.4) is 0 Å². The van der Waals surface area contributed by atoms with Crippen molar-refractivity contribution in [1.82, 2.24) is 0 Å². The van der Waals surface area contributed by atoms with Gasteiger partial charge in [-0.15, -0.1) is 0 Å². The zero-order valence-corrected chi connectivity index (χ0v) is 8.00. The summed E-state index contributed by atoms with van der Waals surface area (Å²) in [6.45, 7) is 0. The Balaban J connectivity index is 2.92. The van der Waals surface area contributed by atoms with Gasteiger partial charge in [-0.25, -0.2) is 4.21 Å². The zero-order valence-electron chi connectivity index (χ0n) is 7.19. The molecule has 1 atom stereocenters. The predicted octanol–water partition coefficient (Wildman–Crippen LogP) is 0.999. The molecule has 0 aliphatic carbocycles. The van der Waals surface area contributed by atoms with Crippen LogP contribution in [0.25, 0.3) is 0 Å². The van der Waals surface area contributed by atoms with Crippen molar-refractivity contribution in [3.05, 3.63) is 23.8 Å². The lowest BCUT2D eigenvalue weighted by atomic mass is 10.2. The van der Waals surface area contributed by atoms with Crippen LogP contribution in [0.15, 0.2) is 18.2 Å². The minimum Gasteiger partial charge on any atom is -0.495 e. The highest BCUT2D eigenvalue weighted by Crippen LogP contribution is 2.22. The van der Waals surface area contributed by atoms with Crippen molar-refractivity contribution in [1.29, 1.82) is 0 Å². The van der Waals surface area contributed by atoms with E-state index in [1.807, 2.05) is 0 Å². The third-order valence-corrected chi connectivity index (χ3v) is 2.17. The van der Waals surface area contributed by atoms with Crippen LogP contribution in [-0.4, -0.2) is 15.9 Å². The Bertz CT molecular complexity index is 327. The Kier molecular flexibility index (Phi) is 3.27. The molecular weight excluding hydrogens is 190 g/mol. The lowest BCUT2D eigenvalue weighted by Crippen LogP contribution is -1.96. The van der Waals surface area contributed by atoms with Gasteiger partial charge in [-0.2, -0.15) is 0 Å². The number of methoxy groups -OCH3 is 1. The number of nitrogen functional groups attached to an aromatic ring is 1. The van der Waals surface area contributed by atoms with Gasteiger partial charge in [0.2, 0.25) is 0 Å². The molecule has 0 aliphatic heterocycles. The molecule has 5 heteroatoms. The van der Waals surface area contributed by atoms with Gasteiger partial charge >= 0.3 is 0 Å². The van der Waals surface area contributed by atoms with Crippen molar-refractivity contribution in [2.45, 2.75) is 5.75 Å². The first-order valence-corrected chi connectivity index (χ1v) is 4.91. The quantitative estimate of drug-likeness (QED) is 0.565. The Hall–Kier alpha value is -1.07. The van der Waals surface area contributed by atoms with E-state index in [-0.39, 0.29) is 5.75 Å². The monoisotopic (exact) mass is 201 g/mol. The largest absolute Gasteiger partial charge is 0.495 e. The number of hydrogen-bond donors (Lipinski definition) is 2. The van der Waals surface area contributed by atoms with Crippen LogP contribution < -0.4 is 10.5 Å². The van der Waals surface area contributed by atoms with Crippen molar-refractivity contribution in [2.24, 2.45) is 0 Å². The van der Waals surface area contributed by atoms with Crippen molar-refractivity contribution >= 4 is 16.8 Å². The molecule has 0 radical (unpaired) electrons. The molecule has 0 saturated heterocycles. The summed E-state index contributed by atoms with van der Waals surface area (Å²) in [5.41, 5.74) is 6.82. The van der Waals surface area contributed by atoms with Crippen LogP contribution in [0.1, 0.15) is 5.56 Å². The van der Waals surface area contributed by atoms with Crippen molar-refractivity contribution in [2.75, 3.05) is 12.8 Å². The molecule has 3 N–H and O–H groups in total. The molecule has 1 unspecified atom stereocenters. The van der Waals surface area contributed by atoms with Gasteiger partial charge in [0.15, 0.2) is 11.1 Å². The second-order valence-corrected chi connectivity index (χ2v) is 3.47. The van der Waals surface area contributed by atoms with E-state index in [4.69, 9.17) is 15.0 Å². The molecule has 0 bridgehead atoms. The maximum atomic E-state index is 10.5. The van der Waals surface area contributed by atoms with Crippen molar-refractivity contribution in [3.8, 4) is 5.75 Å². The van der Waals surface area contributed by atoms with E-state index in [1.54, 1.807) is 18.2 Å². The van der Waals surface area contributed by atoms with Gasteiger partial charge in [-0.05, 0) is 17.7 Å². The molecule has 0 aromatic heterocycles. The summed E-state index contributed by atoms with van der Waals surface area (Å²) in [6.07, 6.45) is 0. The Morgan fingerprint density at radius 1 is 1.62 bits per heavy atom. The van der Waals surface area contributed by atoms with Crippen LogP contribution in [0.4, 0.5) is 5.69 Å². The van der Waals surface area contributed by atoms with Gasteiger partial charge in [0, 0.05) is 0 Å². The molecular formula is C8H11NO3S. The van der Waals surface area contributed by atoms with E-state index >= 15 is 0 Å². The zero-order chi connectivity index (χ0) is 9.84. The highest BCUT2D eigenvalue weighted by Gasteiger charge is 2.02. The highest BCUT2D eigenvalue weighted by molar-refractivity contribution is 7.78. The van der Waals surface area contributed by atoms with E-state index in [1.165, 1.54) is 7.11 Å². The molecule has 0 amide bonds. The van der Waals surface area contributed by atoms with Gasteiger partial charge in [-0.3, -0.25) is 0 Å². The lowest BCUT2D eigenvalue weighted by molar-refractivity contribution is 0.416. The average Bonchev–Trinajstić information content (AvgIpc) is 2.07. The third kappa shape index (κ3) is 2.71. The minimum absolute atomic E-state index is 0.0939. The van der Waals surface area contributed by atoms with Gasteiger partial charge in [0.25, 0.3) is 0 Å². The molecule has 72 valence electrons. The van der Waals surface area contributed by atoms with Gasteiger partial charge in [-0.1, -0.05) is 6.07 Å². The lowest BCUT2D eigenvalue weighted by Gasteiger charge is -2.05. The van der Waals surface area contributed by atoms with Crippen molar-refractivity contribution in [3.63, 3.8) is 0 Å². The normalized spacial score (nSPS) is 12.5. The number of rotatable bonds is 3. The van der Waals surface area contributed by atoms with Gasteiger partial charge in [0.1, 0.15) is 5.75 Å². The number of ether oxygens (including phenoxy) is 1. The van der Waals surface area contributed by atoms with Crippen LogP contribution in [0.5, 0.6) is 5.75 Å². The molecule has 13 heavy (non-hydrogen) atoms. The fourth-order valence-electron chi connectivity index (χ4n) is 0.988. The molecule has 1 aromatic carbocycles. The van der Waals surface area contributed by atoms with Gasteiger partial charge < -0.3 is 15.0 Å². The Labute approximate surface area is 79.0 Å². The van der Waals surface area contributed by atoms with E-state index < -0.39 is 11.1 Å².